The lowest BCUT2D eigenvalue weighted by molar-refractivity contribution is -0.0353. The van der Waals surface area contributed by atoms with E-state index in [0.717, 1.165) is 74.8 Å². The molecule has 3 aliphatic heterocycles. The van der Waals surface area contributed by atoms with Crippen molar-refractivity contribution in [1.29, 1.82) is 0 Å². The fourth-order valence-corrected chi connectivity index (χ4v) is 6.11. The number of piperidine rings is 3. The number of aryl methyl sites for hydroxylation is 2. The molecular formula is C29H37FN2O2. The first-order valence-corrected chi connectivity index (χ1v) is 12.9. The molecule has 3 heterocycles. The molecule has 0 spiro atoms. The molecular weight excluding hydrogens is 427 g/mol. The van der Waals surface area contributed by atoms with E-state index in [4.69, 9.17) is 4.74 Å². The molecule has 0 saturated carbocycles. The van der Waals surface area contributed by atoms with Crippen molar-refractivity contribution in [2.45, 2.75) is 71.4 Å². The Balaban J connectivity index is 1.36. The van der Waals surface area contributed by atoms with Crippen LogP contribution in [0, 0.1) is 17.2 Å². The van der Waals surface area contributed by atoms with Gasteiger partial charge in [-0.05, 0) is 90.9 Å². The monoisotopic (exact) mass is 464 g/mol. The molecule has 34 heavy (non-hydrogen) atoms. The molecule has 1 aliphatic carbocycles. The van der Waals surface area contributed by atoms with E-state index in [2.05, 4.69) is 43.1 Å². The number of rotatable bonds is 5. The number of alkyl carbamates (subject to hydrolysis) is 1. The van der Waals surface area contributed by atoms with Crippen molar-refractivity contribution < 1.29 is 13.9 Å². The van der Waals surface area contributed by atoms with Crippen molar-refractivity contribution in [3.63, 3.8) is 0 Å². The van der Waals surface area contributed by atoms with Gasteiger partial charge in [0, 0.05) is 12.1 Å². The molecule has 1 amide bonds. The highest BCUT2D eigenvalue weighted by Crippen LogP contribution is 2.45. The van der Waals surface area contributed by atoms with Crippen LogP contribution in [0.5, 0.6) is 0 Å². The molecule has 6 rings (SSSR count). The number of benzene rings is 2. The fraction of sp³-hybridized carbons (Fsp3) is 0.552. The van der Waals surface area contributed by atoms with Crippen LogP contribution < -0.4 is 5.32 Å². The highest BCUT2D eigenvalue weighted by Gasteiger charge is 2.40. The van der Waals surface area contributed by atoms with Gasteiger partial charge in [-0.3, -0.25) is 4.90 Å². The van der Waals surface area contributed by atoms with E-state index in [-0.39, 0.29) is 29.5 Å². The van der Waals surface area contributed by atoms with Gasteiger partial charge in [0.2, 0.25) is 0 Å². The van der Waals surface area contributed by atoms with Gasteiger partial charge in [-0.25, -0.2) is 9.18 Å². The minimum atomic E-state index is -0.374. The Hall–Kier alpha value is -2.40. The number of nitrogens with zero attached hydrogens (tertiary/aromatic N) is 1. The number of hydrogen-bond donors (Lipinski definition) is 1. The highest BCUT2D eigenvalue weighted by molar-refractivity contribution is 5.70. The normalized spacial score (nSPS) is 27.2. The van der Waals surface area contributed by atoms with Gasteiger partial charge < -0.3 is 10.1 Å². The van der Waals surface area contributed by atoms with Crippen molar-refractivity contribution in [3.05, 3.63) is 58.9 Å². The van der Waals surface area contributed by atoms with Crippen molar-refractivity contribution >= 4 is 6.09 Å². The Bertz CT molecular complexity index is 1040. The first-order valence-electron chi connectivity index (χ1n) is 12.9. The number of fused-ring (bicyclic) bond motifs is 4. The van der Waals surface area contributed by atoms with E-state index in [1.165, 1.54) is 5.56 Å². The van der Waals surface area contributed by atoms with Gasteiger partial charge in [-0.15, -0.1) is 0 Å². The smallest absolute Gasteiger partial charge is 0.407 e. The summed E-state index contributed by atoms with van der Waals surface area (Å²) in [4.78, 5) is 15.3. The maximum absolute atomic E-state index is 15.4. The van der Waals surface area contributed by atoms with Gasteiger partial charge in [-0.2, -0.15) is 0 Å². The van der Waals surface area contributed by atoms with Gasteiger partial charge in [0.1, 0.15) is 11.9 Å². The maximum atomic E-state index is 15.4. The van der Waals surface area contributed by atoms with Crippen LogP contribution in [0.3, 0.4) is 0 Å². The standard InChI is InChI=1S/C29H37FN2O2/c1-4-5-19-6-8-20(9-7-19)23-16-22-10-13-29(2,3)27(24(22)17-25(23)30)31-28(33)34-26-18-32-14-11-21(26)12-15-32/h6-9,16-17,21,26-27H,4-5,10-15,18H2,1-3H3,(H,31,33)/t26-,27-/m0/s1. The van der Waals surface area contributed by atoms with Crippen LogP contribution in [0.4, 0.5) is 9.18 Å². The SMILES string of the molecule is CCCc1ccc(-c2cc3c(cc2F)[C@H](NC(=O)O[C@H]2CN4CCC2CC4)C(C)(C)CC3)cc1. The van der Waals surface area contributed by atoms with Crippen LogP contribution in [0.1, 0.15) is 69.2 Å². The zero-order valence-corrected chi connectivity index (χ0v) is 20.7. The summed E-state index contributed by atoms with van der Waals surface area (Å²) in [6, 6.07) is 11.6. The number of amides is 1. The largest absolute Gasteiger partial charge is 0.445 e. The van der Waals surface area contributed by atoms with E-state index in [0.29, 0.717) is 11.5 Å². The summed E-state index contributed by atoms with van der Waals surface area (Å²) >= 11 is 0. The van der Waals surface area contributed by atoms with Gasteiger partial charge in [-0.1, -0.05) is 51.5 Å². The van der Waals surface area contributed by atoms with Crippen LogP contribution in [-0.4, -0.2) is 36.7 Å². The van der Waals surface area contributed by atoms with Crippen LogP contribution in [0.15, 0.2) is 36.4 Å². The van der Waals surface area contributed by atoms with Crippen LogP contribution in [0.25, 0.3) is 11.1 Å². The molecule has 2 atom stereocenters. The number of carbonyl (C=O) groups is 1. The molecule has 0 radical (unpaired) electrons. The lowest BCUT2D eigenvalue weighted by Crippen LogP contribution is -2.53. The second-order valence-corrected chi connectivity index (χ2v) is 11.1. The number of carbonyl (C=O) groups excluding carboxylic acids is 1. The van der Waals surface area contributed by atoms with E-state index in [9.17, 15) is 4.79 Å². The second-order valence-electron chi connectivity index (χ2n) is 11.1. The molecule has 182 valence electrons. The summed E-state index contributed by atoms with van der Waals surface area (Å²) in [6.07, 6.45) is 5.71. The zero-order chi connectivity index (χ0) is 23.9. The predicted octanol–water partition coefficient (Wildman–Crippen LogP) is 6.28. The molecule has 2 bridgehead atoms. The third kappa shape index (κ3) is 4.59. The minimum absolute atomic E-state index is 0.0385. The van der Waals surface area contributed by atoms with Gasteiger partial charge >= 0.3 is 6.09 Å². The Morgan fingerprint density at radius 2 is 1.91 bits per heavy atom. The van der Waals surface area contributed by atoms with E-state index in [1.807, 2.05) is 18.2 Å². The van der Waals surface area contributed by atoms with Gasteiger partial charge in [0.15, 0.2) is 0 Å². The third-order valence-electron chi connectivity index (χ3n) is 8.28. The summed E-state index contributed by atoms with van der Waals surface area (Å²) in [5.74, 6) is 0.225. The molecule has 2 aromatic carbocycles. The first kappa shape index (κ1) is 23.3. The van der Waals surface area contributed by atoms with Crippen LogP contribution >= 0.6 is 0 Å². The molecule has 2 aromatic rings. The summed E-state index contributed by atoms with van der Waals surface area (Å²) in [5, 5.41) is 3.13. The predicted molar refractivity (Wildman–Crippen MR) is 133 cm³/mol. The summed E-state index contributed by atoms with van der Waals surface area (Å²) < 4.78 is 21.3. The van der Waals surface area contributed by atoms with Gasteiger partial charge in [0.25, 0.3) is 0 Å². The Morgan fingerprint density at radius 1 is 1.18 bits per heavy atom. The first-order chi connectivity index (χ1) is 16.3. The zero-order valence-electron chi connectivity index (χ0n) is 20.7. The van der Waals surface area contributed by atoms with Crippen molar-refractivity contribution in [2.24, 2.45) is 11.3 Å². The molecule has 3 fully saturated rings. The van der Waals surface area contributed by atoms with Crippen LogP contribution in [-0.2, 0) is 17.6 Å². The molecule has 4 aliphatic rings. The van der Waals surface area contributed by atoms with Crippen molar-refractivity contribution in [1.82, 2.24) is 10.2 Å². The topological polar surface area (TPSA) is 41.6 Å². The Labute approximate surface area is 202 Å². The maximum Gasteiger partial charge on any atom is 0.407 e. The quantitative estimate of drug-likeness (QED) is 0.566. The second kappa shape index (κ2) is 9.33. The summed E-state index contributed by atoms with van der Waals surface area (Å²) in [6.45, 7) is 9.50. The molecule has 0 aromatic heterocycles. The van der Waals surface area contributed by atoms with Crippen molar-refractivity contribution in [2.75, 3.05) is 19.6 Å². The molecule has 4 nitrogen and oxygen atoms in total. The van der Waals surface area contributed by atoms with E-state index >= 15 is 4.39 Å². The number of ether oxygens (including phenoxy) is 1. The van der Waals surface area contributed by atoms with E-state index in [1.54, 1.807) is 6.07 Å². The van der Waals surface area contributed by atoms with E-state index < -0.39 is 0 Å². The summed E-state index contributed by atoms with van der Waals surface area (Å²) in [5.41, 5.74) is 4.62. The van der Waals surface area contributed by atoms with Crippen LogP contribution in [0.2, 0.25) is 0 Å². The highest BCUT2D eigenvalue weighted by atomic mass is 19.1. The van der Waals surface area contributed by atoms with Gasteiger partial charge in [0.05, 0.1) is 6.04 Å². The Kier molecular flexibility index (Phi) is 6.41. The molecule has 1 N–H and O–H groups in total. The summed E-state index contributed by atoms with van der Waals surface area (Å²) in [7, 11) is 0. The molecule has 5 heteroatoms. The number of nitrogens with one attached hydrogen (secondary N) is 1. The lowest BCUT2D eigenvalue weighted by atomic mass is 9.70. The molecule has 3 saturated heterocycles. The minimum Gasteiger partial charge on any atom is -0.445 e. The average Bonchev–Trinajstić information content (AvgIpc) is 2.82. The third-order valence-corrected chi connectivity index (χ3v) is 8.28. The van der Waals surface area contributed by atoms with Crippen molar-refractivity contribution in [3.8, 4) is 11.1 Å². The number of hydrogen-bond acceptors (Lipinski definition) is 3. The number of halogens is 1. The average molecular weight is 465 g/mol. The lowest BCUT2D eigenvalue weighted by Gasteiger charge is -2.44. The molecule has 0 unspecified atom stereocenters. The fourth-order valence-electron chi connectivity index (χ4n) is 6.11. The Morgan fingerprint density at radius 3 is 2.56 bits per heavy atom.